The molecule has 2 spiro atoms. The summed E-state index contributed by atoms with van der Waals surface area (Å²) in [6, 6.07) is 10.7. The molecular weight excluding hydrogens is 514 g/mol. The van der Waals surface area contributed by atoms with Crippen LogP contribution in [-0.2, 0) is 21.0 Å². The third-order valence-electron chi connectivity index (χ3n) is 13.0. The van der Waals surface area contributed by atoms with Crippen molar-refractivity contribution in [2.75, 3.05) is 6.61 Å². The van der Waals surface area contributed by atoms with Gasteiger partial charge >= 0.3 is 0 Å². The second-order valence-electron chi connectivity index (χ2n) is 15.7. The molecule has 0 bridgehead atoms. The number of Topliss-reactive ketones (excluding diaryl/α,β-unsaturated/α-hetero) is 1. The largest absolute Gasteiger partial charge is 0.389 e. The van der Waals surface area contributed by atoms with Crippen LogP contribution in [0.4, 0.5) is 0 Å². The number of carbonyl (C=O) groups is 1. The van der Waals surface area contributed by atoms with E-state index in [4.69, 9.17) is 9.78 Å². The molecule has 6 heteroatoms. The molecule has 0 amide bonds. The number of pyridine rings is 1. The Bertz CT molecular complexity index is 1420. The van der Waals surface area contributed by atoms with Crippen molar-refractivity contribution in [2.45, 2.75) is 108 Å². The molecule has 41 heavy (non-hydrogen) atoms. The molecule has 1 aliphatic heterocycles. The standard InChI is InChI=1S/C35H43NO5/c1-30(2)19-32(41-40-21-30)12-13-33-16-24-15-22(23-5-4-14-36-18-23)6-7-25(24)28-17-31(3)26(8-9-29(31)37)27(35(28,33)39)10-11-34(33,38)20-32/h4-7,14-15,18,26-28,38-39H,8-13,16-17,19-21H2,1-3H3/t26-,27-,28+,31-,32?,33+,34+,35-/m0/s1. The van der Waals surface area contributed by atoms with Crippen LogP contribution in [0.15, 0.2) is 42.7 Å². The van der Waals surface area contributed by atoms with Crippen LogP contribution in [0.25, 0.3) is 11.1 Å². The highest BCUT2D eigenvalue weighted by Crippen LogP contribution is 2.75. The van der Waals surface area contributed by atoms with Crippen molar-refractivity contribution < 1.29 is 24.8 Å². The highest BCUT2D eigenvalue weighted by Gasteiger charge is 2.78. The van der Waals surface area contributed by atoms with Crippen molar-refractivity contribution in [2.24, 2.45) is 28.1 Å². The van der Waals surface area contributed by atoms with Crippen LogP contribution in [-0.4, -0.2) is 44.4 Å². The summed E-state index contributed by atoms with van der Waals surface area (Å²) in [5, 5.41) is 26.4. The summed E-state index contributed by atoms with van der Waals surface area (Å²) in [6.45, 7) is 7.14. The van der Waals surface area contributed by atoms with Gasteiger partial charge in [0.2, 0.25) is 0 Å². The fourth-order valence-electron chi connectivity index (χ4n) is 11.4. The Kier molecular flexibility index (Phi) is 5.35. The number of rotatable bonds is 1. The first-order chi connectivity index (χ1) is 19.4. The van der Waals surface area contributed by atoms with E-state index >= 15 is 0 Å². The topological polar surface area (TPSA) is 88.9 Å². The Morgan fingerprint density at radius 3 is 2.61 bits per heavy atom. The summed E-state index contributed by atoms with van der Waals surface area (Å²) in [6.07, 6.45) is 10.5. The fourth-order valence-corrected chi connectivity index (χ4v) is 11.4. The van der Waals surface area contributed by atoms with Gasteiger partial charge in [0.1, 0.15) is 11.4 Å². The van der Waals surface area contributed by atoms with Gasteiger partial charge in [0.05, 0.1) is 17.8 Å². The molecule has 2 N–H and O–H groups in total. The van der Waals surface area contributed by atoms with Crippen molar-refractivity contribution in [3.05, 3.63) is 53.9 Å². The second-order valence-corrected chi connectivity index (χ2v) is 15.7. The zero-order valence-electron chi connectivity index (χ0n) is 24.6. The number of fused-ring (bicyclic) bond motifs is 4. The average molecular weight is 558 g/mol. The van der Waals surface area contributed by atoms with Gasteiger partial charge in [-0.2, -0.15) is 0 Å². The van der Waals surface area contributed by atoms with E-state index in [1.165, 1.54) is 5.56 Å². The molecular formula is C35H43NO5. The number of nitrogens with zero attached hydrogens (tertiary/aromatic N) is 1. The van der Waals surface area contributed by atoms with Gasteiger partial charge in [0.25, 0.3) is 0 Å². The number of aliphatic hydroxyl groups is 2. The second kappa shape index (κ2) is 8.28. The van der Waals surface area contributed by atoms with Gasteiger partial charge in [-0.3, -0.25) is 9.78 Å². The maximum absolute atomic E-state index is 13.5. The van der Waals surface area contributed by atoms with Crippen LogP contribution in [0.5, 0.6) is 0 Å². The Hall–Kier alpha value is -2.12. The number of benzene rings is 1. The molecule has 6 nitrogen and oxygen atoms in total. The van der Waals surface area contributed by atoms with Gasteiger partial charge in [-0.15, -0.1) is 0 Å². The summed E-state index contributed by atoms with van der Waals surface area (Å²) < 4.78 is 0. The minimum absolute atomic E-state index is 0.00172. The minimum atomic E-state index is -1.09. The Morgan fingerprint density at radius 2 is 1.83 bits per heavy atom. The van der Waals surface area contributed by atoms with E-state index in [0.29, 0.717) is 50.9 Å². The molecule has 0 radical (unpaired) electrons. The van der Waals surface area contributed by atoms with Gasteiger partial charge < -0.3 is 10.2 Å². The van der Waals surface area contributed by atoms with Crippen LogP contribution in [0.2, 0.25) is 0 Å². The average Bonchev–Trinajstić information content (AvgIpc) is 3.22. The van der Waals surface area contributed by atoms with E-state index in [1.54, 1.807) is 6.20 Å². The fraction of sp³-hybridized carbons (Fsp3) is 0.657. The highest BCUT2D eigenvalue weighted by atomic mass is 17.2. The van der Waals surface area contributed by atoms with E-state index in [2.05, 4.69) is 50.0 Å². The normalized spacial score (nSPS) is 45.9. The van der Waals surface area contributed by atoms with Crippen molar-refractivity contribution in [3.63, 3.8) is 0 Å². The molecule has 8 rings (SSSR count). The molecule has 2 heterocycles. The van der Waals surface area contributed by atoms with E-state index < -0.39 is 27.6 Å². The lowest BCUT2D eigenvalue weighted by Gasteiger charge is -2.73. The molecule has 6 aliphatic rings. The number of aromatic nitrogens is 1. The quantitative estimate of drug-likeness (QED) is 0.422. The summed E-state index contributed by atoms with van der Waals surface area (Å²) in [5.41, 5.74) is 0.632. The summed E-state index contributed by atoms with van der Waals surface area (Å²) in [7, 11) is 0. The lowest BCUT2D eigenvalue weighted by atomic mass is 9.34. The lowest BCUT2D eigenvalue weighted by molar-refractivity contribution is -0.431. The Morgan fingerprint density at radius 1 is 0.976 bits per heavy atom. The van der Waals surface area contributed by atoms with E-state index in [-0.39, 0.29) is 23.2 Å². The molecule has 1 unspecified atom stereocenters. The smallest absolute Gasteiger partial charge is 0.139 e. The zero-order valence-corrected chi connectivity index (χ0v) is 24.6. The zero-order chi connectivity index (χ0) is 28.5. The lowest BCUT2D eigenvalue weighted by Crippen LogP contribution is -2.78. The monoisotopic (exact) mass is 557 g/mol. The number of ketones is 1. The van der Waals surface area contributed by atoms with Crippen molar-refractivity contribution in [1.82, 2.24) is 4.98 Å². The first kappa shape index (κ1) is 26.5. The molecule has 1 aromatic carbocycles. The van der Waals surface area contributed by atoms with Crippen molar-refractivity contribution in [3.8, 4) is 11.1 Å². The Labute approximate surface area is 242 Å². The molecule has 8 atom stereocenters. The molecule has 218 valence electrons. The van der Waals surface area contributed by atoms with Gasteiger partial charge in [-0.25, -0.2) is 9.78 Å². The van der Waals surface area contributed by atoms with Gasteiger partial charge in [-0.1, -0.05) is 45.0 Å². The predicted octanol–water partition coefficient (Wildman–Crippen LogP) is 5.94. The summed E-state index contributed by atoms with van der Waals surface area (Å²) >= 11 is 0. The van der Waals surface area contributed by atoms with Crippen LogP contribution < -0.4 is 0 Å². The van der Waals surface area contributed by atoms with Crippen LogP contribution in [0.3, 0.4) is 0 Å². The van der Waals surface area contributed by atoms with Gasteiger partial charge in [0, 0.05) is 42.0 Å². The SMILES string of the molecule is CC1(C)COOC2(CC[C@@]34Cc5cc(-c6cccnc6)ccc5[C@H]5C[C@]6(C)C(=O)CC[C@H]6[C@H](CC[C@@]3(O)C2)[C@]54O)C1. The van der Waals surface area contributed by atoms with Crippen LogP contribution in [0, 0.1) is 28.1 Å². The molecule has 4 saturated carbocycles. The number of hydrogen-bond donors (Lipinski definition) is 2. The number of carbonyl (C=O) groups excluding carboxylic acids is 1. The number of hydrogen-bond acceptors (Lipinski definition) is 6. The van der Waals surface area contributed by atoms with Gasteiger partial charge in [0.15, 0.2) is 0 Å². The molecule has 5 fully saturated rings. The summed E-state index contributed by atoms with van der Waals surface area (Å²) in [4.78, 5) is 29.6. The van der Waals surface area contributed by atoms with Crippen molar-refractivity contribution in [1.29, 1.82) is 0 Å². The minimum Gasteiger partial charge on any atom is -0.389 e. The van der Waals surface area contributed by atoms with Gasteiger partial charge in [-0.05, 0) is 96.9 Å². The first-order valence-electron chi connectivity index (χ1n) is 15.8. The van der Waals surface area contributed by atoms with Crippen LogP contribution in [0.1, 0.15) is 95.6 Å². The van der Waals surface area contributed by atoms with E-state index in [9.17, 15) is 15.0 Å². The Balaban J connectivity index is 1.30. The predicted molar refractivity (Wildman–Crippen MR) is 154 cm³/mol. The van der Waals surface area contributed by atoms with E-state index in [1.807, 2.05) is 12.3 Å². The third kappa shape index (κ3) is 3.34. The first-order valence-corrected chi connectivity index (χ1v) is 15.8. The third-order valence-corrected chi connectivity index (χ3v) is 13.0. The molecule has 1 aromatic heterocycles. The molecule has 5 aliphatic carbocycles. The summed E-state index contributed by atoms with van der Waals surface area (Å²) in [5.74, 6) is 0.329. The molecule has 2 aromatic rings. The molecule has 1 saturated heterocycles. The van der Waals surface area contributed by atoms with E-state index in [0.717, 1.165) is 42.4 Å². The maximum Gasteiger partial charge on any atom is 0.139 e. The van der Waals surface area contributed by atoms with Crippen LogP contribution >= 0.6 is 0 Å². The maximum atomic E-state index is 13.5. The van der Waals surface area contributed by atoms with Crippen molar-refractivity contribution >= 4 is 5.78 Å². The highest BCUT2D eigenvalue weighted by molar-refractivity contribution is 5.87.